The summed E-state index contributed by atoms with van der Waals surface area (Å²) in [5, 5.41) is 14.0. The normalized spacial score (nSPS) is 16.0. The van der Waals surface area contributed by atoms with Crippen LogP contribution in [0.2, 0.25) is 5.02 Å². The summed E-state index contributed by atoms with van der Waals surface area (Å²) in [7, 11) is 4.62. The second kappa shape index (κ2) is 11.4. The van der Waals surface area contributed by atoms with Crippen molar-refractivity contribution in [3.8, 4) is 17.2 Å². The maximum atomic E-state index is 12.6. The average Bonchev–Trinajstić information content (AvgIpc) is 3.60. The molecule has 1 aliphatic heterocycles. The Morgan fingerprint density at radius 1 is 1.07 bits per heavy atom. The van der Waals surface area contributed by atoms with Gasteiger partial charge in [-0.1, -0.05) is 23.7 Å². The Labute approximate surface area is 236 Å². The Morgan fingerprint density at radius 2 is 1.90 bits per heavy atom. The Morgan fingerprint density at radius 3 is 2.65 bits per heavy atom. The molecule has 1 amide bonds. The molecule has 0 saturated carbocycles. The van der Waals surface area contributed by atoms with Crippen molar-refractivity contribution in [2.75, 3.05) is 27.8 Å². The number of carbonyl (C=O) groups is 2. The van der Waals surface area contributed by atoms with Gasteiger partial charge in [-0.25, -0.2) is 0 Å². The molecule has 0 fully saturated rings. The van der Waals surface area contributed by atoms with Crippen LogP contribution in [0, 0.1) is 0 Å². The van der Waals surface area contributed by atoms with Crippen LogP contribution in [-0.2, 0) is 16.1 Å². The molecule has 1 aliphatic rings. The monoisotopic (exact) mass is 564 g/mol. The zero-order valence-corrected chi connectivity index (χ0v) is 23.0. The third-order valence-electron chi connectivity index (χ3n) is 6.86. The first-order chi connectivity index (χ1) is 19.3. The lowest BCUT2D eigenvalue weighted by Gasteiger charge is -2.25. The quantitative estimate of drug-likeness (QED) is 0.312. The highest BCUT2D eigenvalue weighted by molar-refractivity contribution is 6.30. The number of amides is 1. The summed E-state index contributed by atoms with van der Waals surface area (Å²) in [6.07, 6.45) is 3.35. The third kappa shape index (κ3) is 5.28. The standard InChI is InChI=1S/C29H29ClN4O6/c1-32(17-26(35)36)29(37)21-11-14-33(31-21)15-12-24-23-7-5-13-34(23)22-10-9-18(30)16-20(22)27(40-24)19-6-4-8-25(38-2)28(19)39-3/h4-11,13-14,16,24,27H,12,15,17H2,1-3H3,(H,35,36)/t24-,27-/m0/s1. The number of benzene rings is 2. The number of halogens is 1. The zero-order chi connectivity index (χ0) is 28.4. The van der Waals surface area contributed by atoms with Gasteiger partial charge in [-0.3, -0.25) is 14.3 Å². The molecule has 0 aliphatic carbocycles. The summed E-state index contributed by atoms with van der Waals surface area (Å²) in [6, 6.07) is 17.0. The van der Waals surface area contributed by atoms with E-state index in [0.717, 1.165) is 27.4 Å². The summed E-state index contributed by atoms with van der Waals surface area (Å²) >= 11 is 6.48. The lowest BCUT2D eigenvalue weighted by molar-refractivity contribution is -0.137. The fourth-order valence-corrected chi connectivity index (χ4v) is 5.21. The van der Waals surface area contributed by atoms with Crippen molar-refractivity contribution in [3.05, 3.63) is 94.5 Å². The Kier molecular flexibility index (Phi) is 7.81. The highest BCUT2D eigenvalue weighted by Crippen LogP contribution is 2.46. The number of hydrogen-bond acceptors (Lipinski definition) is 6. The van der Waals surface area contributed by atoms with E-state index in [0.29, 0.717) is 29.5 Å². The topological polar surface area (TPSA) is 108 Å². The molecule has 2 aromatic carbocycles. The number of hydrogen-bond donors (Lipinski definition) is 1. The fraction of sp³-hybridized carbons (Fsp3) is 0.276. The van der Waals surface area contributed by atoms with E-state index in [9.17, 15) is 9.59 Å². The number of nitrogens with zero attached hydrogens (tertiary/aromatic N) is 4. The van der Waals surface area contributed by atoms with Crippen molar-refractivity contribution in [3.63, 3.8) is 0 Å². The SMILES string of the molecule is COc1cccc([C@@H]2O[C@@H](CCn3ccc(C(=O)N(C)CC(=O)O)n3)c3cccn3-c3ccc(Cl)cc32)c1OC. The number of aliphatic carboxylic acids is 1. The second-order valence-electron chi connectivity index (χ2n) is 9.40. The van der Waals surface area contributed by atoms with Gasteiger partial charge in [-0.15, -0.1) is 0 Å². The van der Waals surface area contributed by atoms with Crippen LogP contribution in [0.25, 0.3) is 5.69 Å². The molecule has 11 heteroatoms. The molecule has 4 aromatic rings. The minimum absolute atomic E-state index is 0.176. The molecule has 0 spiro atoms. The fourth-order valence-electron chi connectivity index (χ4n) is 5.03. The largest absolute Gasteiger partial charge is 0.493 e. The summed E-state index contributed by atoms with van der Waals surface area (Å²) in [5.74, 6) is -0.382. The number of aromatic nitrogens is 3. The maximum absolute atomic E-state index is 12.6. The zero-order valence-electron chi connectivity index (χ0n) is 22.3. The van der Waals surface area contributed by atoms with Gasteiger partial charge in [0.25, 0.3) is 5.91 Å². The van der Waals surface area contributed by atoms with Crippen LogP contribution in [0.15, 0.2) is 67.0 Å². The van der Waals surface area contributed by atoms with Gasteiger partial charge in [0.1, 0.15) is 24.4 Å². The molecule has 2 aromatic heterocycles. The Balaban J connectivity index is 1.48. The van der Waals surface area contributed by atoms with E-state index in [1.807, 2.05) is 54.7 Å². The lowest BCUT2D eigenvalue weighted by atomic mass is 9.98. The van der Waals surface area contributed by atoms with E-state index in [2.05, 4.69) is 9.67 Å². The van der Waals surface area contributed by atoms with Crippen LogP contribution in [-0.4, -0.2) is 64.0 Å². The van der Waals surface area contributed by atoms with Gasteiger partial charge in [0, 0.05) is 42.1 Å². The van der Waals surface area contributed by atoms with Gasteiger partial charge in [0.2, 0.25) is 0 Å². The molecule has 0 unspecified atom stereocenters. The number of carboxylic acid groups (broad SMARTS) is 1. The minimum atomic E-state index is -1.09. The van der Waals surface area contributed by atoms with E-state index >= 15 is 0 Å². The van der Waals surface area contributed by atoms with Crippen molar-refractivity contribution in [2.45, 2.75) is 25.2 Å². The predicted octanol–water partition coefficient (Wildman–Crippen LogP) is 4.75. The van der Waals surface area contributed by atoms with Crippen LogP contribution >= 0.6 is 11.6 Å². The first kappa shape index (κ1) is 27.3. The van der Waals surface area contributed by atoms with Crippen molar-refractivity contribution in [2.24, 2.45) is 0 Å². The van der Waals surface area contributed by atoms with Crippen molar-refractivity contribution in [1.29, 1.82) is 0 Å². The maximum Gasteiger partial charge on any atom is 0.323 e. The smallest absolute Gasteiger partial charge is 0.323 e. The summed E-state index contributed by atoms with van der Waals surface area (Å²) < 4.78 is 22.0. The molecule has 5 rings (SSSR count). The molecule has 0 saturated heterocycles. The van der Waals surface area contributed by atoms with E-state index < -0.39 is 24.5 Å². The lowest BCUT2D eigenvalue weighted by Crippen LogP contribution is -2.32. The average molecular weight is 565 g/mol. The molecule has 0 radical (unpaired) electrons. The van der Waals surface area contributed by atoms with Crippen molar-refractivity contribution >= 4 is 23.5 Å². The summed E-state index contributed by atoms with van der Waals surface area (Å²) in [5.41, 5.74) is 3.75. The molecule has 10 nitrogen and oxygen atoms in total. The molecular formula is C29H29ClN4O6. The van der Waals surface area contributed by atoms with Crippen molar-refractivity contribution in [1.82, 2.24) is 19.2 Å². The number of para-hydroxylation sites is 1. The summed E-state index contributed by atoms with van der Waals surface area (Å²) in [4.78, 5) is 24.7. The summed E-state index contributed by atoms with van der Waals surface area (Å²) in [6.45, 7) is 0.0448. The van der Waals surface area contributed by atoms with Gasteiger partial charge < -0.3 is 28.8 Å². The number of rotatable bonds is 9. The van der Waals surface area contributed by atoms with Gasteiger partial charge in [-0.05, 0) is 48.9 Å². The first-order valence-corrected chi connectivity index (χ1v) is 13.0. The Hall–Kier alpha value is -4.28. The number of ether oxygens (including phenoxy) is 3. The number of carbonyl (C=O) groups excluding carboxylic acids is 1. The first-order valence-electron chi connectivity index (χ1n) is 12.6. The molecular weight excluding hydrogens is 536 g/mol. The van der Waals surface area contributed by atoms with Gasteiger partial charge in [0.15, 0.2) is 11.5 Å². The minimum Gasteiger partial charge on any atom is -0.493 e. The van der Waals surface area contributed by atoms with Crippen LogP contribution in [0.5, 0.6) is 11.5 Å². The second-order valence-corrected chi connectivity index (χ2v) is 9.84. The molecule has 0 bridgehead atoms. The molecule has 40 heavy (non-hydrogen) atoms. The van der Waals surface area contributed by atoms with Crippen molar-refractivity contribution < 1.29 is 28.9 Å². The number of aryl methyl sites for hydroxylation is 1. The highest BCUT2D eigenvalue weighted by Gasteiger charge is 2.33. The molecule has 3 heterocycles. The van der Waals surface area contributed by atoms with Crippen LogP contribution in [0.4, 0.5) is 0 Å². The van der Waals surface area contributed by atoms with Crippen LogP contribution in [0.3, 0.4) is 0 Å². The number of likely N-dealkylation sites (N-methyl/N-ethyl adjacent to an activating group) is 1. The highest BCUT2D eigenvalue weighted by atomic mass is 35.5. The molecule has 208 valence electrons. The van der Waals surface area contributed by atoms with Crippen LogP contribution in [0.1, 0.15) is 45.9 Å². The van der Waals surface area contributed by atoms with E-state index in [4.69, 9.17) is 30.9 Å². The third-order valence-corrected chi connectivity index (χ3v) is 7.09. The number of carboxylic acids is 1. The number of methoxy groups -OCH3 is 2. The number of fused-ring (bicyclic) bond motifs is 3. The van der Waals surface area contributed by atoms with Crippen LogP contribution < -0.4 is 9.47 Å². The van der Waals surface area contributed by atoms with E-state index in [-0.39, 0.29) is 11.8 Å². The Bertz CT molecular complexity index is 1550. The molecule has 1 N–H and O–H groups in total. The van der Waals surface area contributed by atoms with Gasteiger partial charge in [0.05, 0.1) is 25.6 Å². The van der Waals surface area contributed by atoms with E-state index in [1.54, 1.807) is 31.2 Å². The molecule has 2 atom stereocenters. The van der Waals surface area contributed by atoms with Gasteiger partial charge in [-0.2, -0.15) is 5.10 Å². The van der Waals surface area contributed by atoms with E-state index in [1.165, 1.54) is 7.05 Å². The van der Waals surface area contributed by atoms with Gasteiger partial charge >= 0.3 is 5.97 Å². The predicted molar refractivity (Wildman–Crippen MR) is 147 cm³/mol.